The van der Waals surface area contributed by atoms with Crippen molar-refractivity contribution in [3.05, 3.63) is 28.5 Å². The number of aryl methyl sites for hydroxylation is 1. The molecule has 0 fully saturated rings. The van der Waals surface area contributed by atoms with Crippen LogP contribution in [0.4, 0.5) is 0 Å². The van der Waals surface area contributed by atoms with Gasteiger partial charge in [-0.2, -0.15) is 0 Å². The first-order valence-corrected chi connectivity index (χ1v) is 4.98. The first-order chi connectivity index (χ1) is 5.95. The molecule has 72 valence electrons. The van der Waals surface area contributed by atoms with E-state index in [4.69, 9.17) is 11.6 Å². The molecule has 0 aliphatic carbocycles. The van der Waals surface area contributed by atoms with Crippen LogP contribution in [-0.2, 0) is 11.8 Å². The minimum atomic E-state index is 0.151. The van der Waals surface area contributed by atoms with Crippen molar-refractivity contribution >= 4 is 11.6 Å². The fourth-order valence-electron chi connectivity index (χ4n) is 1.44. The topological polar surface area (TPSA) is 12.9 Å². The number of nitrogens with zero attached hydrogens (tertiary/aromatic N) is 1. The Morgan fingerprint density at radius 2 is 2.00 bits per heavy atom. The molecule has 2 heteroatoms. The highest BCUT2D eigenvalue weighted by Crippen LogP contribution is 2.27. The molecule has 0 unspecified atom stereocenters. The molecule has 13 heavy (non-hydrogen) atoms. The lowest BCUT2D eigenvalue weighted by molar-refractivity contribution is 0.582. The van der Waals surface area contributed by atoms with E-state index in [1.807, 2.05) is 12.3 Å². The minimum absolute atomic E-state index is 0.151. The van der Waals surface area contributed by atoms with Gasteiger partial charge in [-0.15, -0.1) is 0 Å². The molecule has 1 nitrogen and oxygen atoms in total. The third-order valence-electron chi connectivity index (χ3n) is 2.14. The third kappa shape index (κ3) is 2.44. The van der Waals surface area contributed by atoms with E-state index in [-0.39, 0.29) is 5.41 Å². The van der Waals surface area contributed by atoms with Crippen molar-refractivity contribution < 1.29 is 0 Å². The van der Waals surface area contributed by atoms with Crippen LogP contribution in [0.2, 0.25) is 5.15 Å². The van der Waals surface area contributed by atoms with Crippen molar-refractivity contribution in [2.75, 3.05) is 0 Å². The summed E-state index contributed by atoms with van der Waals surface area (Å²) in [5.74, 6) is 0. The van der Waals surface area contributed by atoms with Crippen LogP contribution in [0.3, 0.4) is 0 Å². The van der Waals surface area contributed by atoms with E-state index in [9.17, 15) is 0 Å². The maximum Gasteiger partial charge on any atom is 0.129 e. The Bertz CT molecular complexity index is 299. The molecule has 0 aliphatic heterocycles. The van der Waals surface area contributed by atoms with Crippen LogP contribution in [0.15, 0.2) is 12.3 Å². The van der Waals surface area contributed by atoms with Crippen molar-refractivity contribution in [2.45, 2.75) is 39.5 Å². The lowest BCUT2D eigenvalue weighted by atomic mass is 9.84. The largest absolute Gasteiger partial charge is 0.244 e. The molecule has 0 saturated heterocycles. The lowest BCUT2D eigenvalue weighted by Gasteiger charge is -2.22. The van der Waals surface area contributed by atoms with E-state index in [0.717, 1.165) is 6.42 Å². The zero-order valence-corrected chi connectivity index (χ0v) is 9.44. The van der Waals surface area contributed by atoms with Gasteiger partial charge in [0, 0.05) is 6.20 Å². The van der Waals surface area contributed by atoms with Gasteiger partial charge in [0.1, 0.15) is 5.15 Å². The second kappa shape index (κ2) is 3.67. The Morgan fingerprint density at radius 1 is 1.38 bits per heavy atom. The summed E-state index contributed by atoms with van der Waals surface area (Å²) >= 11 is 5.87. The minimum Gasteiger partial charge on any atom is -0.244 e. The fourth-order valence-corrected chi connectivity index (χ4v) is 1.60. The fraction of sp³-hybridized carbons (Fsp3) is 0.545. The second-order valence-electron chi connectivity index (χ2n) is 4.27. The molecule has 0 amide bonds. The smallest absolute Gasteiger partial charge is 0.129 e. The van der Waals surface area contributed by atoms with Gasteiger partial charge in [-0.3, -0.25) is 0 Å². The van der Waals surface area contributed by atoms with Crippen LogP contribution in [0.25, 0.3) is 0 Å². The van der Waals surface area contributed by atoms with Crippen molar-refractivity contribution in [1.29, 1.82) is 0 Å². The van der Waals surface area contributed by atoms with Crippen LogP contribution < -0.4 is 0 Å². The van der Waals surface area contributed by atoms with Gasteiger partial charge in [0.05, 0.1) is 0 Å². The van der Waals surface area contributed by atoms with Crippen molar-refractivity contribution in [3.63, 3.8) is 0 Å². The van der Waals surface area contributed by atoms with Crippen LogP contribution in [0.1, 0.15) is 38.8 Å². The Morgan fingerprint density at radius 3 is 2.46 bits per heavy atom. The van der Waals surface area contributed by atoms with Crippen LogP contribution in [-0.4, -0.2) is 4.98 Å². The molecule has 0 N–H and O–H groups in total. The second-order valence-corrected chi connectivity index (χ2v) is 4.65. The summed E-state index contributed by atoms with van der Waals surface area (Å²) in [5, 5.41) is 0.585. The third-order valence-corrected chi connectivity index (χ3v) is 2.35. The predicted molar refractivity (Wildman–Crippen MR) is 57.3 cm³/mol. The summed E-state index contributed by atoms with van der Waals surface area (Å²) < 4.78 is 0. The van der Waals surface area contributed by atoms with E-state index in [1.165, 1.54) is 11.1 Å². The molecule has 0 radical (unpaired) electrons. The van der Waals surface area contributed by atoms with E-state index >= 15 is 0 Å². The van der Waals surface area contributed by atoms with Gasteiger partial charge in [-0.1, -0.05) is 39.3 Å². The average molecular weight is 198 g/mol. The van der Waals surface area contributed by atoms with Gasteiger partial charge >= 0.3 is 0 Å². The molecule has 0 saturated carbocycles. The van der Waals surface area contributed by atoms with Crippen molar-refractivity contribution in [3.8, 4) is 0 Å². The number of hydrogen-bond acceptors (Lipinski definition) is 1. The van der Waals surface area contributed by atoms with Gasteiger partial charge in [-0.05, 0) is 29.0 Å². The SMILES string of the molecule is CCc1cnc(Cl)cc1C(C)(C)C. The van der Waals surface area contributed by atoms with Gasteiger partial charge < -0.3 is 0 Å². The molecule has 0 spiro atoms. The standard InChI is InChI=1S/C11H16ClN/c1-5-8-7-13-10(12)6-9(8)11(2,3)4/h6-7H,5H2,1-4H3. The first kappa shape index (κ1) is 10.5. The molecule has 0 bridgehead atoms. The van der Waals surface area contributed by atoms with E-state index < -0.39 is 0 Å². The Kier molecular flexibility index (Phi) is 2.97. The first-order valence-electron chi connectivity index (χ1n) is 4.60. The van der Waals surface area contributed by atoms with Crippen LogP contribution in [0, 0.1) is 0 Å². The van der Waals surface area contributed by atoms with Crippen molar-refractivity contribution in [1.82, 2.24) is 4.98 Å². The lowest BCUT2D eigenvalue weighted by Crippen LogP contribution is -2.14. The van der Waals surface area contributed by atoms with E-state index in [0.29, 0.717) is 5.15 Å². The molecule has 1 aromatic rings. The van der Waals surface area contributed by atoms with Gasteiger partial charge in [-0.25, -0.2) is 4.98 Å². The molecule has 0 aliphatic rings. The highest BCUT2D eigenvalue weighted by Gasteiger charge is 2.17. The monoisotopic (exact) mass is 197 g/mol. The number of pyridine rings is 1. The van der Waals surface area contributed by atoms with Gasteiger partial charge in [0.15, 0.2) is 0 Å². The normalized spacial score (nSPS) is 11.8. The molecular weight excluding hydrogens is 182 g/mol. The Labute approximate surface area is 85.1 Å². The Hall–Kier alpha value is -0.560. The Balaban J connectivity index is 3.24. The van der Waals surface area contributed by atoms with Crippen LogP contribution >= 0.6 is 11.6 Å². The number of hydrogen-bond donors (Lipinski definition) is 0. The predicted octanol–water partition coefficient (Wildman–Crippen LogP) is 3.59. The van der Waals surface area contributed by atoms with E-state index in [1.54, 1.807) is 0 Å². The molecule has 1 rings (SSSR count). The number of aromatic nitrogens is 1. The summed E-state index contributed by atoms with van der Waals surface area (Å²) in [6.07, 6.45) is 2.89. The highest BCUT2D eigenvalue weighted by molar-refractivity contribution is 6.29. The summed E-state index contributed by atoms with van der Waals surface area (Å²) in [6, 6.07) is 1.97. The zero-order chi connectivity index (χ0) is 10.1. The summed E-state index contributed by atoms with van der Waals surface area (Å²) in [6.45, 7) is 8.72. The van der Waals surface area contributed by atoms with E-state index in [2.05, 4.69) is 32.7 Å². The van der Waals surface area contributed by atoms with Crippen LogP contribution in [0.5, 0.6) is 0 Å². The number of halogens is 1. The number of rotatable bonds is 1. The maximum atomic E-state index is 5.87. The summed E-state index contributed by atoms with van der Waals surface area (Å²) in [5.41, 5.74) is 2.74. The molecule has 0 atom stereocenters. The summed E-state index contributed by atoms with van der Waals surface area (Å²) in [4.78, 5) is 4.09. The molecular formula is C11H16ClN. The van der Waals surface area contributed by atoms with Crippen molar-refractivity contribution in [2.24, 2.45) is 0 Å². The van der Waals surface area contributed by atoms with Gasteiger partial charge in [0.25, 0.3) is 0 Å². The molecule has 0 aromatic carbocycles. The molecule has 1 heterocycles. The summed E-state index contributed by atoms with van der Waals surface area (Å²) in [7, 11) is 0. The maximum absolute atomic E-state index is 5.87. The highest BCUT2D eigenvalue weighted by atomic mass is 35.5. The molecule has 1 aromatic heterocycles. The van der Waals surface area contributed by atoms with Gasteiger partial charge in [0.2, 0.25) is 0 Å². The average Bonchev–Trinajstić information content (AvgIpc) is 2.03. The quantitative estimate of drug-likeness (QED) is 0.627. The zero-order valence-electron chi connectivity index (χ0n) is 8.69.